The second kappa shape index (κ2) is 6.84. The van der Waals surface area contributed by atoms with Crippen LogP contribution in [0, 0.1) is 5.92 Å². The van der Waals surface area contributed by atoms with Crippen molar-refractivity contribution in [3.8, 4) is 0 Å². The smallest absolute Gasteiger partial charge is 0.221 e. The average Bonchev–Trinajstić information content (AvgIpc) is 3.28. The van der Waals surface area contributed by atoms with Crippen LogP contribution in [0.1, 0.15) is 19.3 Å². The van der Waals surface area contributed by atoms with Crippen molar-refractivity contribution < 1.29 is 23.1 Å². The van der Waals surface area contributed by atoms with Crippen LogP contribution in [0.2, 0.25) is 0 Å². The number of sulfonamides is 1. The molecule has 1 atom stereocenters. The third-order valence-corrected chi connectivity index (χ3v) is 5.50. The molecule has 0 aromatic heterocycles. The number of carbonyl (C=O) groups excluding carboxylic acids is 1. The van der Waals surface area contributed by atoms with E-state index in [1.54, 1.807) is 0 Å². The number of aliphatic hydroxyl groups is 1. The minimum absolute atomic E-state index is 0.0723. The molecule has 0 aromatic carbocycles. The molecular formula is C12H22N2O5S. The fourth-order valence-electron chi connectivity index (χ4n) is 2.13. The van der Waals surface area contributed by atoms with E-state index in [9.17, 15) is 18.3 Å². The van der Waals surface area contributed by atoms with Crippen molar-refractivity contribution in [3.63, 3.8) is 0 Å². The second-order valence-electron chi connectivity index (χ2n) is 5.29. The maximum absolute atomic E-state index is 12.0. The third-order valence-electron chi connectivity index (χ3n) is 3.63. The van der Waals surface area contributed by atoms with Gasteiger partial charge in [-0.05, 0) is 18.8 Å². The van der Waals surface area contributed by atoms with Gasteiger partial charge < -0.3 is 15.2 Å². The first kappa shape index (κ1) is 15.7. The summed E-state index contributed by atoms with van der Waals surface area (Å²) in [7, 11) is -3.39. The van der Waals surface area contributed by atoms with Crippen LogP contribution >= 0.6 is 0 Å². The maximum atomic E-state index is 12.0. The highest BCUT2D eigenvalue weighted by molar-refractivity contribution is 7.89. The van der Waals surface area contributed by atoms with Crippen molar-refractivity contribution in [2.45, 2.75) is 25.4 Å². The Morgan fingerprint density at radius 3 is 2.60 bits per heavy atom. The number of hydrogen-bond acceptors (Lipinski definition) is 5. The molecule has 7 nitrogen and oxygen atoms in total. The van der Waals surface area contributed by atoms with Crippen molar-refractivity contribution in [3.05, 3.63) is 0 Å². The molecule has 8 heteroatoms. The topological polar surface area (TPSA) is 95.9 Å². The fourth-order valence-corrected chi connectivity index (χ4v) is 3.54. The highest BCUT2D eigenvalue weighted by Crippen LogP contribution is 2.32. The van der Waals surface area contributed by atoms with Crippen LogP contribution in [0.3, 0.4) is 0 Å². The van der Waals surface area contributed by atoms with E-state index in [2.05, 4.69) is 5.32 Å². The summed E-state index contributed by atoms with van der Waals surface area (Å²) >= 11 is 0. The number of nitrogens with zero attached hydrogens (tertiary/aromatic N) is 1. The van der Waals surface area contributed by atoms with Crippen LogP contribution in [0.15, 0.2) is 0 Å². The van der Waals surface area contributed by atoms with Crippen molar-refractivity contribution in [1.82, 2.24) is 9.62 Å². The van der Waals surface area contributed by atoms with Crippen LogP contribution in [-0.4, -0.2) is 68.4 Å². The number of rotatable bonds is 7. The quantitative estimate of drug-likeness (QED) is 0.624. The molecule has 2 rings (SSSR count). The fraction of sp³-hybridized carbons (Fsp3) is 0.917. The van der Waals surface area contributed by atoms with Crippen molar-refractivity contribution >= 4 is 15.9 Å². The van der Waals surface area contributed by atoms with Gasteiger partial charge in [0.25, 0.3) is 0 Å². The van der Waals surface area contributed by atoms with Crippen LogP contribution < -0.4 is 5.32 Å². The van der Waals surface area contributed by atoms with E-state index in [4.69, 9.17) is 4.74 Å². The molecular weight excluding hydrogens is 284 g/mol. The average molecular weight is 306 g/mol. The van der Waals surface area contributed by atoms with Gasteiger partial charge in [-0.15, -0.1) is 0 Å². The van der Waals surface area contributed by atoms with Crippen LogP contribution in [-0.2, 0) is 19.6 Å². The Kier molecular flexibility index (Phi) is 5.36. The molecule has 2 fully saturated rings. The molecule has 1 saturated carbocycles. The van der Waals surface area contributed by atoms with Gasteiger partial charge in [-0.2, -0.15) is 4.31 Å². The summed E-state index contributed by atoms with van der Waals surface area (Å²) in [5.41, 5.74) is 0. The Bertz CT molecular complexity index is 429. The Labute approximate surface area is 119 Å². The van der Waals surface area contributed by atoms with Gasteiger partial charge in [0.1, 0.15) is 0 Å². The summed E-state index contributed by atoms with van der Waals surface area (Å²) in [5, 5.41) is 12.2. The van der Waals surface area contributed by atoms with E-state index < -0.39 is 16.1 Å². The monoisotopic (exact) mass is 306 g/mol. The van der Waals surface area contributed by atoms with Crippen molar-refractivity contribution in [2.24, 2.45) is 5.92 Å². The molecule has 2 aliphatic rings. The van der Waals surface area contributed by atoms with Crippen molar-refractivity contribution in [1.29, 1.82) is 0 Å². The predicted octanol–water partition coefficient (Wildman–Crippen LogP) is -1.07. The van der Waals surface area contributed by atoms with Gasteiger partial charge in [0.05, 0.1) is 25.1 Å². The van der Waals surface area contributed by atoms with Gasteiger partial charge in [0.15, 0.2) is 0 Å². The first-order valence-corrected chi connectivity index (χ1v) is 8.60. The first-order chi connectivity index (χ1) is 9.49. The molecule has 0 spiro atoms. The Hall–Kier alpha value is -0.700. The minimum atomic E-state index is -3.39. The molecule has 20 heavy (non-hydrogen) atoms. The summed E-state index contributed by atoms with van der Waals surface area (Å²) in [6.45, 7) is 1.72. The second-order valence-corrected chi connectivity index (χ2v) is 7.37. The van der Waals surface area contributed by atoms with Crippen LogP contribution in [0.25, 0.3) is 0 Å². The largest absolute Gasteiger partial charge is 0.391 e. The third kappa shape index (κ3) is 4.69. The highest BCUT2D eigenvalue weighted by Gasteiger charge is 2.30. The zero-order valence-corrected chi connectivity index (χ0v) is 12.3. The maximum Gasteiger partial charge on any atom is 0.221 e. The number of amides is 1. The van der Waals surface area contributed by atoms with Gasteiger partial charge in [-0.25, -0.2) is 8.42 Å². The van der Waals surface area contributed by atoms with Crippen LogP contribution in [0.4, 0.5) is 0 Å². The van der Waals surface area contributed by atoms with Gasteiger partial charge >= 0.3 is 0 Å². The summed E-state index contributed by atoms with van der Waals surface area (Å²) in [5.74, 6) is -0.229. The lowest BCUT2D eigenvalue weighted by molar-refractivity contribution is -0.121. The summed E-state index contributed by atoms with van der Waals surface area (Å²) in [4.78, 5) is 11.6. The highest BCUT2D eigenvalue weighted by atomic mass is 32.2. The molecule has 1 heterocycles. The van der Waals surface area contributed by atoms with E-state index >= 15 is 0 Å². The van der Waals surface area contributed by atoms with E-state index in [-0.39, 0.29) is 24.6 Å². The minimum Gasteiger partial charge on any atom is -0.391 e. The Balaban J connectivity index is 1.68. The van der Waals surface area contributed by atoms with Gasteiger partial charge in [0, 0.05) is 26.1 Å². The molecule has 1 amide bonds. The summed E-state index contributed by atoms with van der Waals surface area (Å²) in [6, 6.07) is 0. The normalized spacial score (nSPS) is 22.4. The number of hydrogen-bond donors (Lipinski definition) is 2. The predicted molar refractivity (Wildman–Crippen MR) is 72.5 cm³/mol. The lowest BCUT2D eigenvalue weighted by Gasteiger charge is -2.25. The molecule has 1 unspecified atom stereocenters. The van der Waals surface area contributed by atoms with E-state index in [0.29, 0.717) is 32.2 Å². The van der Waals surface area contributed by atoms with E-state index in [1.165, 1.54) is 4.31 Å². The van der Waals surface area contributed by atoms with Gasteiger partial charge in [0.2, 0.25) is 15.9 Å². The molecule has 1 saturated heterocycles. The molecule has 0 bridgehead atoms. The molecule has 2 N–H and O–H groups in total. The summed E-state index contributed by atoms with van der Waals surface area (Å²) < 4.78 is 30.4. The Morgan fingerprint density at radius 2 is 2.00 bits per heavy atom. The first-order valence-electron chi connectivity index (χ1n) is 6.99. The molecule has 0 aromatic rings. The van der Waals surface area contributed by atoms with Crippen molar-refractivity contribution in [2.75, 3.05) is 38.6 Å². The molecule has 1 aliphatic carbocycles. The van der Waals surface area contributed by atoms with Gasteiger partial charge in [-0.1, -0.05) is 0 Å². The molecule has 0 radical (unpaired) electrons. The zero-order chi connectivity index (χ0) is 14.6. The molecule has 116 valence electrons. The number of aliphatic hydroxyl groups excluding tert-OH is 1. The number of morpholine rings is 1. The van der Waals surface area contributed by atoms with E-state index in [1.807, 2.05) is 0 Å². The Morgan fingerprint density at radius 1 is 1.35 bits per heavy atom. The van der Waals surface area contributed by atoms with Crippen LogP contribution in [0.5, 0.6) is 0 Å². The SMILES string of the molecule is O=C(CCS(=O)(=O)N1CCOCC1)NCC(O)C1CC1. The number of carbonyl (C=O) groups is 1. The molecule has 1 aliphatic heterocycles. The van der Waals surface area contributed by atoms with E-state index in [0.717, 1.165) is 12.8 Å². The lowest BCUT2D eigenvalue weighted by atomic mass is 10.2. The van der Waals surface area contributed by atoms with Gasteiger partial charge in [-0.3, -0.25) is 4.79 Å². The number of nitrogens with one attached hydrogen (secondary N) is 1. The number of ether oxygens (including phenoxy) is 1. The standard InChI is InChI=1S/C12H22N2O5S/c15-11(10-1-2-10)9-13-12(16)3-8-20(17,18)14-4-6-19-7-5-14/h10-11,15H,1-9H2,(H,13,16). The lowest BCUT2D eigenvalue weighted by Crippen LogP contribution is -2.42. The zero-order valence-electron chi connectivity index (χ0n) is 11.5. The summed E-state index contributed by atoms with van der Waals surface area (Å²) in [6.07, 6.45) is 1.43.